The van der Waals surface area contributed by atoms with Crippen LogP contribution in [0.15, 0.2) is 41.8 Å². The second-order valence-corrected chi connectivity index (χ2v) is 6.47. The van der Waals surface area contributed by atoms with Crippen molar-refractivity contribution in [2.45, 2.75) is 32.7 Å². The average molecular weight is 356 g/mol. The van der Waals surface area contributed by atoms with Crippen molar-refractivity contribution in [3.8, 4) is 5.82 Å². The number of hydrogen-bond acceptors (Lipinski definition) is 4. The molecule has 0 aromatic carbocycles. The van der Waals surface area contributed by atoms with E-state index >= 15 is 0 Å². The molecule has 0 radical (unpaired) electrons. The van der Waals surface area contributed by atoms with Crippen molar-refractivity contribution in [3.63, 3.8) is 0 Å². The minimum absolute atomic E-state index is 0.588. The van der Waals surface area contributed by atoms with Crippen molar-refractivity contribution in [2.24, 2.45) is 10.9 Å². The zero-order chi connectivity index (χ0) is 18.0. The molecule has 1 saturated carbocycles. The van der Waals surface area contributed by atoms with E-state index in [1.54, 1.807) is 17.1 Å². The zero-order valence-electron chi connectivity index (χ0n) is 15.4. The third-order valence-electron chi connectivity index (χ3n) is 4.12. The summed E-state index contributed by atoms with van der Waals surface area (Å²) in [5.74, 6) is 2.45. The molecule has 1 aliphatic carbocycles. The molecule has 0 unspecified atom stereocenters. The lowest BCUT2D eigenvalue weighted by Gasteiger charge is -2.11. The number of ether oxygens (including phenoxy) is 1. The summed E-state index contributed by atoms with van der Waals surface area (Å²) < 4.78 is 7.41. The molecular formula is C19H28N6O. The minimum Gasteiger partial charge on any atom is -0.381 e. The summed E-state index contributed by atoms with van der Waals surface area (Å²) in [6, 6.07) is 5.87. The van der Waals surface area contributed by atoms with Crippen molar-refractivity contribution in [1.82, 2.24) is 25.4 Å². The summed E-state index contributed by atoms with van der Waals surface area (Å²) >= 11 is 0. The quantitative estimate of drug-likeness (QED) is 0.387. The number of nitrogens with one attached hydrogen (secondary N) is 2. The number of aliphatic imine (C=N–C) groups is 1. The van der Waals surface area contributed by atoms with Gasteiger partial charge in [-0.2, -0.15) is 5.10 Å². The maximum absolute atomic E-state index is 5.66. The topological polar surface area (TPSA) is 76.4 Å². The van der Waals surface area contributed by atoms with Gasteiger partial charge < -0.3 is 15.4 Å². The van der Waals surface area contributed by atoms with E-state index in [0.29, 0.717) is 6.54 Å². The Morgan fingerprint density at radius 2 is 2.27 bits per heavy atom. The number of rotatable bonds is 10. The highest BCUT2D eigenvalue weighted by Gasteiger charge is 2.20. The highest BCUT2D eigenvalue weighted by Crippen LogP contribution is 2.28. The Morgan fingerprint density at radius 1 is 1.35 bits per heavy atom. The molecule has 1 fully saturated rings. The molecule has 2 N–H and O–H groups in total. The summed E-state index contributed by atoms with van der Waals surface area (Å²) in [7, 11) is 0. The van der Waals surface area contributed by atoms with E-state index in [9.17, 15) is 0 Å². The maximum atomic E-state index is 5.66. The molecule has 7 heteroatoms. The van der Waals surface area contributed by atoms with Crippen molar-refractivity contribution in [2.75, 3.05) is 26.3 Å². The number of pyridine rings is 1. The summed E-state index contributed by atoms with van der Waals surface area (Å²) in [4.78, 5) is 9.01. The molecule has 0 aliphatic heterocycles. The fourth-order valence-corrected chi connectivity index (χ4v) is 2.52. The zero-order valence-corrected chi connectivity index (χ0v) is 15.4. The lowest BCUT2D eigenvalue weighted by atomic mass is 10.2. The van der Waals surface area contributed by atoms with Crippen LogP contribution in [0.1, 0.15) is 31.7 Å². The number of guanidine groups is 1. The largest absolute Gasteiger partial charge is 0.381 e. The van der Waals surface area contributed by atoms with Crippen LogP contribution in [-0.2, 0) is 11.3 Å². The van der Waals surface area contributed by atoms with Crippen molar-refractivity contribution < 1.29 is 4.74 Å². The molecule has 26 heavy (non-hydrogen) atoms. The van der Waals surface area contributed by atoms with Gasteiger partial charge in [0.05, 0.1) is 6.54 Å². The Kier molecular flexibility index (Phi) is 7.01. The SMILES string of the molecule is CCNC(=NCc1ccnc(-n2cccn2)c1)NCCCOCC1CC1. The predicted octanol–water partition coefficient (Wildman–Crippen LogP) is 2.14. The third-order valence-corrected chi connectivity index (χ3v) is 4.12. The molecule has 0 spiro atoms. The number of aromatic nitrogens is 3. The van der Waals surface area contributed by atoms with Crippen LogP contribution in [0.3, 0.4) is 0 Å². The molecule has 0 bridgehead atoms. The van der Waals surface area contributed by atoms with E-state index in [1.165, 1.54) is 12.8 Å². The first-order chi connectivity index (χ1) is 12.8. The van der Waals surface area contributed by atoms with Crippen LogP contribution in [-0.4, -0.2) is 47.0 Å². The second-order valence-electron chi connectivity index (χ2n) is 6.47. The summed E-state index contributed by atoms with van der Waals surface area (Å²) in [6.07, 6.45) is 9.08. The van der Waals surface area contributed by atoms with Gasteiger partial charge in [-0.3, -0.25) is 0 Å². The van der Waals surface area contributed by atoms with E-state index in [-0.39, 0.29) is 0 Å². The summed E-state index contributed by atoms with van der Waals surface area (Å²) in [5.41, 5.74) is 1.09. The molecule has 2 aromatic rings. The molecule has 1 aliphatic rings. The molecule has 7 nitrogen and oxygen atoms in total. The normalized spacial score (nSPS) is 14.4. The Labute approximate surface area is 154 Å². The van der Waals surface area contributed by atoms with Crippen LogP contribution in [0, 0.1) is 5.92 Å². The third kappa shape index (κ3) is 6.15. The highest BCUT2D eigenvalue weighted by molar-refractivity contribution is 5.79. The molecule has 2 aromatic heterocycles. The fourth-order valence-electron chi connectivity index (χ4n) is 2.52. The summed E-state index contributed by atoms with van der Waals surface area (Å²) in [6.45, 7) is 6.07. The van der Waals surface area contributed by atoms with Crippen molar-refractivity contribution in [1.29, 1.82) is 0 Å². The van der Waals surface area contributed by atoms with Crippen LogP contribution >= 0.6 is 0 Å². The minimum atomic E-state index is 0.588. The van der Waals surface area contributed by atoms with E-state index in [4.69, 9.17) is 4.74 Å². The van der Waals surface area contributed by atoms with E-state index in [2.05, 4.69) is 32.6 Å². The number of nitrogens with zero attached hydrogens (tertiary/aromatic N) is 4. The van der Waals surface area contributed by atoms with Crippen LogP contribution in [0.5, 0.6) is 0 Å². The van der Waals surface area contributed by atoms with Gasteiger partial charge in [0.15, 0.2) is 11.8 Å². The van der Waals surface area contributed by atoms with Crippen LogP contribution in [0.4, 0.5) is 0 Å². The van der Waals surface area contributed by atoms with Crippen molar-refractivity contribution >= 4 is 5.96 Å². The second kappa shape index (κ2) is 9.91. The fraction of sp³-hybridized carbons (Fsp3) is 0.526. The molecule has 2 heterocycles. The molecular weight excluding hydrogens is 328 g/mol. The smallest absolute Gasteiger partial charge is 0.191 e. The van der Waals surface area contributed by atoms with Gasteiger partial charge >= 0.3 is 0 Å². The van der Waals surface area contributed by atoms with Gasteiger partial charge in [-0.15, -0.1) is 0 Å². The van der Waals surface area contributed by atoms with Gasteiger partial charge in [0, 0.05) is 44.9 Å². The van der Waals surface area contributed by atoms with Gasteiger partial charge in [-0.1, -0.05) is 0 Å². The lowest BCUT2D eigenvalue weighted by Crippen LogP contribution is -2.38. The Balaban J connectivity index is 1.46. The molecule has 0 amide bonds. The highest BCUT2D eigenvalue weighted by atomic mass is 16.5. The molecule has 3 rings (SSSR count). The van der Waals surface area contributed by atoms with Gasteiger partial charge in [0.1, 0.15) is 0 Å². The van der Waals surface area contributed by atoms with Gasteiger partial charge in [0.25, 0.3) is 0 Å². The van der Waals surface area contributed by atoms with Crippen LogP contribution < -0.4 is 10.6 Å². The molecule has 140 valence electrons. The van der Waals surface area contributed by atoms with E-state index < -0.39 is 0 Å². The predicted molar refractivity (Wildman–Crippen MR) is 102 cm³/mol. The standard InChI is InChI=1S/C19H28N6O/c1-2-20-19(22-8-4-12-26-15-16-5-6-16)23-14-17-7-10-21-18(13-17)25-11-3-9-24-25/h3,7,9-11,13,16H,2,4-6,8,12,14-15H2,1H3,(H2,20,22,23). The Hall–Kier alpha value is -2.41. The monoisotopic (exact) mass is 356 g/mol. The summed E-state index contributed by atoms with van der Waals surface area (Å²) in [5, 5.41) is 10.9. The van der Waals surface area contributed by atoms with Crippen LogP contribution in [0.25, 0.3) is 5.82 Å². The first kappa shape index (κ1) is 18.4. The van der Waals surface area contributed by atoms with E-state index in [0.717, 1.165) is 56.0 Å². The Morgan fingerprint density at radius 3 is 3.04 bits per heavy atom. The first-order valence-corrected chi connectivity index (χ1v) is 9.40. The maximum Gasteiger partial charge on any atom is 0.191 e. The Bertz CT molecular complexity index is 681. The lowest BCUT2D eigenvalue weighted by molar-refractivity contribution is 0.123. The van der Waals surface area contributed by atoms with E-state index in [1.807, 2.05) is 24.4 Å². The average Bonchev–Trinajstić information content (AvgIpc) is 3.32. The molecule has 0 saturated heterocycles. The molecule has 0 atom stereocenters. The number of hydrogen-bond donors (Lipinski definition) is 2. The van der Waals surface area contributed by atoms with Gasteiger partial charge in [-0.25, -0.2) is 14.7 Å². The van der Waals surface area contributed by atoms with Crippen molar-refractivity contribution in [3.05, 3.63) is 42.4 Å². The first-order valence-electron chi connectivity index (χ1n) is 9.40. The van der Waals surface area contributed by atoms with Gasteiger partial charge in [0.2, 0.25) is 0 Å². The van der Waals surface area contributed by atoms with Crippen LogP contribution in [0.2, 0.25) is 0 Å². The van der Waals surface area contributed by atoms with Gasteiger partial charge in [-0.05, 0) is 55.9 Å².